The topological polar surface area (TPSA) is 51.1 Å². The van der Waals surface area contributed by atoms with Crippen molar-refractivity contribution in [2.24, 2.45) is 0 Å². The number of anilines is 1. The average molecular weight is 364 g/mol. The minimum absolute atomic E-state index is 0.379. The molecule has 3 aromatic rings. The number of Topliss-reactive ketones (excluding diaryl/α,β-unsaturated/α-hetero) is 1. The number of thioether (sulfide) groups is 1. The predicted molar refractivity (Wildman–Crippen MR) is 106 cm³/mol. The molecule has 2 aromatic carbocycles. The van der Waals surface area contributed by atoms with Gasteiger partial charge in [0.15, 0.2) is 0 Å². The standard InChI is InChI=1S/C21H20N2O2S/c1-15-8-10-16(11-9-15)14-23-12-4-7-19(23)20(24)21(25)22-17-5-3-6-18(13-17)26-2/h3-13H,14H2,1-2H3,(H,22,25). The van der Waals surface area contributed by atoms with Crippen LogP contribution in [0.1, 0.15) is 21.6 Å². The van der Waals surface area contributed by atoms with Gasteiger partial charge in [0.25, 0.3) is 11.7 Å². The van der Waals surface area contributed by atoms with Crippen LogP contribution in [0.3, 0.4) is 0 Å². The van der Waals surface area contributed by atoms with Crippen LogP contribution in [0.25, 0.3) is 0 Å². The molecule has 0 aliphatic rings. The summed E-state index contributed by atoms with van der Waals surface area (Å²) in [6.45, 7) is 2.58. The molecule has 0 spiro atoms. The van der Waals surface area contributed by atoms with Crippen molar-refractivity contribution in [1.82, 2.24) is 4.57 Å². The molecule has 0 aliphatic carbocycles. The predicted octanol–water partition coefficient (Wildman–Crippen LogP) is 4.39. The number of nitrogens with one attached hydrogen (secondary N) is 1. The summed E-state index contributed by atoms with van der Waals surface area (Å²) in [5, 5.41) is 2.69. The Hall–Kier alpha value is -2.79. The molecule has 0 aliphatic heterocycles. The van der Waals surface area contributed by atoms with Crippen LogP contribution in [-0.2, 0) is 11.3 Å². The molecule has 0 unspecified atom stereocenters. The summed E-state index contributed by atoms with van der Waals surface area (Å²) in [5.74, 6) is -1.18. The first-order valence-corrected chi connectivity index (χ1v) is 9.50. The Morgan fingerprint density at radius 3 is 2.54 bits per heavy atom. The van der Waals surface area contributed by atoms with E-state index in [9.17, 15) is 9.59 Å². The summed E-state index contributed by atoms with van der Waals surface area (Å²) in [7, 11) is 0. The van der Waals surface area contributed by atoms with Crippen LogP contribution in [-0.4, -0.2) is 22.5 Å². The molecule has 0 radical (unpaired) electrons. The minimum atomic E-state index is -0.632. The van der Waals surface area contributed by atoms with Crippen LogP contribution in [0.5, 0.6) is 0 Å². The first-order valence-electron chi connectivity index (χ1n) is 8.27. The highest BCUT2D eigenvalue weighted by Gasteiger charge is 2.20. The second kappa shape index (κ2) is 8.06. The van der Waals surface area contributed by atoms with Crippen molar-refractivity contribution >= 4 is 29.1 Å². The maximum absolute atomic E-state index is 12.6. The molecule has 1 heterocycles. The highest BCUT2D eigenvalue weighted by molar-refractivity contribution is 7.98. The van der Waals surface area contributed by atoms with Crippen LogP contribution in [0.2, 0.25) is 0 Å². The molecule has 0 atom stereocenters. The van der Waals surface area contributed by atoms with Gasteiger partial charge in [-0.15, -0.1) is 11.8 Å². The molecule has 5 heteroatoms. The van der Waals surface area contributed by atoms with Gasteiger partial charge in [-0.3, -0.25) is 9.59 Å². The summed E-state index contributed by atoms with van der Waals surface area (Å²) in [5.41, 5.74) is 3.26. The molecule has 0 saturated carbocycles. The Morgan fingerprint density at radius 2 is 1.81 bits per heavy atom. The second-order valence-electron chi connectivity index (χ2n) is 6.02. The van der Waals surface area contributed by atoms with Crippen LogP contribution >= 0.6 is 11.8 Å². The number of aryl methyl sites for hydroxylation is 1. The van der Waals surface area contributed by atoms with Crippen LogP contribution in [0, 0.1) is 6.92 Å². The van der Waals surface area contributed by atoms with Gasteiger partial charge in [-0.25, -0.2) is 0 Å². The van der Waals surface area contributed by atoms with Crippen molar-refractivity contribution in [3.8, 4) is 0 Å². The molecule has 132 valence electrons. The average Bonchev–Trinajstić information content (AvgIpc) is 3.11. The van der Waals surface area contributed by atoms with E-state index in [4.69, 9.17) is 0 Å². The number of hydrogen-bond donors (Lipinski definition) is 1. The monoisotopic (exact) mass is 364 g/mol. The van der Waals surface area contributed by atoms with Crippen LogP contribution in [0.15, 0.2) is 71.8 Å². The highest BCUT2D eigenvalue weighted by atomic mass is 32.2. The summed E-state index contributed by atoms with van der Waals surface area (Å²) in [6, 6.07) is 19.0. The molecule has 26 heavy (non-hydrogen) atoms. The van der Waals surface area contributed by atoms with E-state index in [1.165, 1.54) is 5.56 Å². The fourth-order valence-electron chi connectivity index (χ4n) is 2.65. The van der Waals surface area contributed by atoms with E-state index in [0.717, 1.165) is 10.5 Å². The van der Waals surface area contributed by atoms with E-state index in [1.807, 2.05) is 61.8 Å². The van der Waals surface area contributed by atoms with Crippen molar-refractivity contribution in [2.75, 3.05) is 11.6 Å². The molecule has 1 N–H and O–H groups in total. The molecular formula is C21H20N2O2S. The first kappa shape index (κ1) is 18.0. The van der Waals surface area contributed by atoms with Gasteiger partial charge in [0.2, 0.25) is 0 Å². The number of benzene rings is 2. The molecule has 0 bridgehead atoms. The Kier molecular flexibility index (Phi) is 5.58. The number of carbonyl (C=O) groups is 2. The maximum Gasteiger partial charge on any atom is 0.298 e. The van der Waals surface area contributed by atoms with Gasteiger partial charge >= 0.3 is 0 Å². The van der Waals surface area contributed by atoms with Gasteiger partial charge in [0.05, 0.1) is 5.69 Å². The zero-order valence-electron chi connectivity index (χ0n) is 14.7. The number of aromatic nitrogens is 1. The third-order valence-electron chi connectivity index (χ3n) is 4.07. The van der Waals surface area contributed by atoms with Crippen LogP contribution < -0.4 is 5.32 Å². The second-order valence-corrected chi connectivity index (χ2v) is 6.90. The maximum atomic E-state index is 12.6. The molecule has 4 nitrogen and oxygen atoms in total. The van der Waals surface area contributed by atoms with E-state index < -0.39 is 11.7 Å². The Bertz CT molecular complexity index is 929. The summed E-state index contributed by atoms with van der Waals surface area (Å²) in [6.07, 6.45) is 3.78. The first-order chi connectivity index (χ1) is 12.6. The number of amides is 1. The number of ketones is 1. The van der Waals surface area contributed by atoms with Gasteiger partial charge < -0.3 is 9.88 Å². The van der Waals surface area contributed by atoms with E-state index in [2.05, 4.69) is 5.32 Å². The molecular weight excluding hydrogens is 344 g/mol. The third-order valence-corrected chi connectivity index (χ3v) is 4.79. The SMILES string of the molecule is CSc1cccc(NC(=O)C(=O)c2cccn2Cc2ccc(C)cc2)c1. The normalized spacial score (nSPS) is 10.5. The Balaban J connectivity index is 1.74. The molecule has 0 saturated heterocycles. The Labute approximate surface area is 157 Å². The minimum Gasteiger partial charge on any atom is -0.340 e. The van der Waals surface area contributed by atoms with Gasteiger partial charge in [0.1, 0.15) is 0 Å². The van der Waals surface area contributed by atoms with E-state index in [0.29, 0.717) is 17.9 Å². The third kappa shape index (κ3) is 4.24. The van der Waals surface area contributed by atoms with Gasteiger partial charge in [0, 0.05) is 23.3 Å². The van der Waals surface area contributed by atoms with Crippen LogP contribution in [0.4, 0.5) is 5.69 Å². The van der Waals surface area contributed by atoms with E-state index >= 15 is 0 Å². The quantitative estimate of drug-likeness (QED) is 0.401. The smallest absolute Gasteiger partial charge is 0.298 e. The summed E-state index contributed by atoms with van der Waals surface area (Å²) >= 11 is 1.58. The lowest BCUT2D eigenvalue weighted by atomic mass is 10.1. The van der Waals surface area contributed by atoms with E-state index in [-0.39, 0.29) is 0 Å². The lowest BCUT2D eigenvalue weighted by Gasteiger charge is -2.10. The summed E-state index contributed by atoms with van der Waals surface area (Å²) in [4.78, 5) is 26.0. The largest absolute Gasteiger partial charge is 0.340 e. The van der Waals surface area contributed by atoms with Crippen molar-refractivity contribution in [1.29, 1.82) is 0 Å². The fraction of sp³-hybridized carbons (Fsp3) is 0.143. The van der Waals surface area contributed by atoms with Crippen molar-refractivity contribution < 1.29 is 9.59 Å². The number of carbonyl (C=O) groups excluding carboxylic acids is 2. The number of nitrogens with zero attached hydrogens (tertiary/aromatic N) is 1. The Morgan fingerprint density at radius 1 is 1.04 bits per heavy atom. The zero-order valence-corrected chi connectivity index (χ0v) is 15.5. The lowest BCUT2D eigenvalue weighted by Crippen LogP contribution is -2.25. The molecule has 1 aromatic heterocycles. The lowest BCUT2D eigenvalue weighted by molar-refractivity contribution is -0.112. The molecule has 1 amide bonds. The van der Waals surface area contributed by atoms with E-state index in [1.54, 1.807) is 34.5 Å². The van der Waals surface area contributed by atoms with Gasteiger partial charge in [-0.2, -0.15) is 0 Å². The zero-order chi connectivity index (χ0) is 18.5. The number of hydrogen-bond acceptors (Lipinski definition) is 3. The van der Waals surface area contributed by atoms with Gasteiger partial charge in [-0.05, 0) is 49.1 Å². The van der Waals surface area contributed by atoms with Crippen molar-refractivity contribution in [3.63, 3.8) is 0 Å². The highest BCUT2D eigenvalue weighted by Crippen LogP contribution is 2.19. The fourth-order valence-corrected chi connectivity index (χ4v) is 3.11. The molecule has 3 rings (SSSR count). The number of rotatable bonds is 6. The molecule has 0 fully saturated rings. The van der Waals surface area contributed by atoms with Gasteiger partial charge in [-0.1, -0.05) is 35.9 Å². The van der Waals surface area contributed by atoms with Crippen molar-refractivity contribution in [2.45, 2.75) is 18.4 Å². The van der Waals surface area contributed by atoms with Crippen molar-refractivity contribution in [3.05, 3.63) is 83.7 Å². The summed E-state index contributed by atoms with van der Waals surface area (Å²) < 4.78 is 1.80.